The maximum Gasteiger partial charge on any atom is 0.332 e. The molecule has 2 aliphatic heterocycles. The third-order valence-corrected chi connectivity index (χ3v) is 4.92. The summed E-state index contributed by atoms with van der Waals surface area (Å²) in [5.74, 6) is 0.527. The molecule has 1 atom stereocenters. The van der Waals surface area contributed by atoms with Gasteiger partial charge in [-0.05, 0) is 26.7 Å². The third kappa shape index (κ3) is 2.98. The van der Waals surface area contributed by atoms with Crippen LogP contribution in [-0.4, -0.2) is 52.9 Å². The summed E-state index contributed by atoms with van der Waals surface area (Å²) in [5.41, 5.74) is 2.33. The minimum absolute atomic E-state index is 0.0300. The number of hydrogen-bond donors (Lipinski definition) is 1. The molecule has 0 saturated carbocycles. The van der Waals surface area contributed by atoms with E-state index in [1.54, 1.807) is 22.0 Å². The van der Waals surface area contributed by atoms with Crippen LogP contribution in [0.1, 0.15) is 29.9 Å². The van der Waals surface area contributed by atoms with Crippen molar-refractivity contribution in [1.82, 2.24) is 15.2 Å². The van der Waals surface area contributed by atoms with Gasteiger partial charge in [-0.3, -0.25) is 4.79 Å². The fourth-order valence-corrected chi connectivity index (χ4v) is 3.48. The van der Waals surface area contributed by atoms with Gasteiger partial charge in [0.05, 0.1) is 23.6 Å². The highest BCUT2D eigenvalue weighted by molar-refractivity contribution is 6.19. The molecular weight excluding hydrogens is 338 g/mol. The molecule has 9 heteroatoms. The Morgan fingerprint density at radius 3 is 2.92 bits per heavy atom. The van der Waals surface area contributed by atoms with E-state index in [0.717, 1.165) is 36.5 Å². The van der Waals surface area contributed by atoms with Crippen LogP contribution in [0.15, 0.2) is 16.9 Å². The predicted molar refractivity (Wildman–Crippen MR) is 89.5 cm³/mol. The van der Waals surface area contributed by atoms with E-state index in [9.17, 15) is 9.59 Å². The number of rotatable bonds is 5. The van der Waals surface area contributed by atoms with Crippen LogP contribution >= 0.6 is 0 Å². The number of hydrogen-bond acceptors (Lipinski definition) is 5. The minimum atomic E-state index is -0.297. The molecule has 9 nitrogen and oxygen atoms in total. The number of urea groups is 1. The van der Waals surface area contributed by atoms with E-state index in [2.05, 4.69) is 10.3 Å². The number of imide groups is 1. The van der Waals surface area contributed by atoms with Gasteiger partial charge in [-0.15, -0.1) is 4.68 Å². The van der Waals surface area contributed by atoms with Gasteiger partial charge >= 0.3 is 6.03 Å². The second kappa shape index (κ2) is 6.56. The van der Waals surface area contributed by atoms with E-state index >= 15 is 0 Å². The van der Waals surface area contributed by atoms with Crippen LogP contribution in [-0.2, 0) is 16.1 Å². The van der Waals surface area contributed by atoms with Crippen molar-refractivity contribution in [1.29, 1.82) is 0 Å². The Hall–Kier alpha value is -2.68. The van der Waals surface area contributed by atoms with Crippen LogP contribution in [0.2, 0.25) is 0 Å². The number of aromatic amines is 1. The van der Waals surface area contributed by atoms with Crippen molar-refractivity contribution in [3.05, 3.63) is 29.4 Å². The quantitative estimate of drug-likeness (QED) is 0.631. The largest absolute Gasteiger partial charge is 0.376 e. The van der Waals surface area contributed by atoms with E-state index in [0.29, 0.717) is 18.8 Å². The summed E-state index contributed by atoms with van der Waals surface area (Å²) in [7, 11) is 0. The van der Waals surface area contributed by atoms with E-state index < -0.39 is 0 Å². The van der Waals surface area contributed by atoms with E-state index in [4.69, 9.17) is 9.26 Å². The Morgan fingerprint density at radius 2 is 2.23 bits per heavy atom. The highest BCUT2D eigenvalue weighted by Crippen LogP contribution is 2.22. The number of aromatic nitrogens is 3. The van der Waals surface area contributed by atoms with E-state index in [1.807, 2.05) is 13.8 Å². The lowest BCUT2D eigenvalue weighted by molar-refractivity contribution is -0.742. The Bertz CT molecular complexity index is 817. The molecule has 3 amide bonds. The number of carbonyl (C=O) groups excluding carboxylic acids is 2. The zero-order valence-corrected chi connectivity index (χ0v) is 14.9. The zero-order chi connectivity index (χ0) is 18.3. The molecular formula is C17H22N5O4+. The second-order valence-corrected chi connectivity index (χ2v) is 6.79. The van der Waals surface area contributed by atoms with E-state index in [-0.39, 0.29) is 24.6 Å². The molecule has 1 N–H and O–H groups in total. The third-order valence-electron chi connectivity index (χ3n) is 4.92. The van der Waals surface area contributed by atoms with Gasteiger partial charge in [0.1, 0.15) is 18.0 Å². The first-order valence-corrected chi connectivity index (χ1v) is 8.76. The number of nitrogens with one attached hydrogen (secondary N) is 1. The Kier molecular flexibility index (Phi) is 4.23. The SMILES string of the molecule is Cc1noc(C)c1C[n+]1cc(N2C(=O)CN(CC3CCCO3)C2=O)c[nH]1. The average Bonchev–Trinajstić information content (AvgIpc) is 3.37. The van der Waals surface area contributed by atoms with Crippen molar-refractivity contribution in [3.8, 4) is 0 Å². The van der Waals surface area contributed by atoms with Gasteiger partial charge < -0.3 is 14.2 Å². The molecule has 2 fully saturated rings. The molecule has 0 aromatic carbocycles. The van der Waals surface area contributed by atoms with Crippen molar-refractivity contribution < 1.29 is 23.5 Å². The summed E-state index contributed by atoms with van der Waals surface area (Å²) in [6.45, 7) is 5.54. The van der Waals surface area contributed by atoms with Crippen LogP contribution < -0.4 is 9.58 Å². The fraction of sp³-hybridized carbons (Fsp3) is 0.529. The fourth-order valence-electron chi connectivity index (χ4n) is 3.48. The molecule has 0 aliphatic carbocycles. The first kappa shape index (κ1) is 16.8. The molecule has 2 aromatic rings. The van der Waals surface area contributed by atoms with Crippen LogP contribution in [0.25, 0.3) is 0 Å². The normalized spacial score (nSPS) is 20.6. The van der Waals surface area contributed by atoms with Gasteiger partial charge in [0.25, 0.3) is 5.91 Å². The van der Waals surface area contributed by atoms with Crippen molar-refractivity contribution in [2.45, 2.75) is 39.3 Å². The van der Waals surface area contributed by atoms with Gasteiger partial charge in [0.2, 0.25) is 12.7 Å². The Labute approximate surface area is 150 Å². The lowest BCUT2D eigenvalue weighted by Gasteiger charge is -2.18. The number of ether oxygens (including phenoxy) is 1. The summed E-state index contributed by atoms with van der Waals surface area (Å²) in [6, 6.07) is -0.297. The summed E-state index contributed by atoms with van der Waals surface area (Å²) in [5, 5.41) is 7.00. The number of amides is 3. The molecule has 2 aromatic heterocycles. The molecule has 0 spiro atoms. The molecule has 2 saturated heterocycles. The average molecular weight is 360 g/mol. The summed E-state index contributed by atoms with van der Waals surface area (Å²) in [4.78, 5) is 27.8. The predicted octanol–water partition coefficient (Wildman–Crippen LogP) is 0.903. The topological polar surface area (TPSA) is 95.5 Å². The zero-order valence-electron chi connectivity index (χ0n) is 14.9. The van der Waals surface area contributed by atoms with Crippen molar-refractivity contribution in [2.75, 3.05) is 24.6 Å². The molecule has 2 aliphatic rings. The van der Waals surface area contributed by atoms with Gasteiger partial charge in [0.15, 0.2) is 0 Å². The number of nitrogens with zero attached hydrogens (tertiary/aromatic N) is 4. The molecule has 26 heavy (non-hydrogen) atoms. The molecule has 0 radical (unpaired) electrons. The van der Waals surface area contributed by atoms with Crippen molar-refractivity contribution in [2.24, 2.45) is 0 Å². The summed E-state index contributed by atoms with van der Waals surface area (Å²) >= 11 is 0. The first-order valence-electron chi connectivity index (χ1n) is 8.76. The molecule has 138 valence electrons. The van der Waals surface area contributed by atoms with Crippen LogP contribution in [0.4, 0.5) is 10.5 Å². The monoisotopic (exact) mass is 360 g/mol. The number of carbonyl (C=O) groups is 2. The number of H-pyrrole nitrogens is 1. The maximum atomic E-state index is 12.7. The standard InChI is InChI=1S/C17H21N5O4/c1-11-15(12(2)26-19-11)9-21-7-13(6-18-21)22-16(23)10-20(17(22)24)8-14-4-3-5-25-14/h6-7,14H,3-5,8-10H2,1-2H3/p+1. The second-order valence-electron chi connectivity index (χ2n) is 6.79. The van der Waals surface area contributed by atoms with Gasteiger partial charge in [-0.2, -0.15) is 5.10 Å². The summed E-state index contributed by atoms with van der Waals surface area (Å²) in [6.07, 6.45) is 5.37. The van der Waals surface area contributed by atoms with Crippen molar-refractivity contribution in [3.63, 3.8) is 0 Å². The van der Waals surface area contributed by atoms with Gasteiger partial charge in [-0.1, -0.05) is 5.16 Å². The van der Waals surface area contributed by atoms with Gasteiger partial charge in [-0.25, -0.2) is 9.69 Å². The van der Waals surface area contributed by atoms with Crippen molar-refractivity contribution >= 4 is 17.6 Å². The minimum Gasteiger partial charge on any atom is -0.376 e. The highest BCUT2D eigenvalue weighted by atomic mass is 16.5. The maximum absolute atomic E-state index is 12.7. The molecule has 4 rings (SSSR count). The lowest BCUT2D eigenvalue weighted by Crippen LogP contribution is -2.38. The van der Waals surface area contributed by atoms with E-state index in [1.165, 1.54) is 4.90 Å². The van der Waals surface area contributed by atoms with Crippen LogP contribution in [0.5, 0.6) is 0 Å². The first-order chi connectivity index (χ1) is 12.5. The lowest BCUT2D eigenvalue weighted by atomic mass is 10.2. The molecule has 0 bridgehead atoms. The number of anilines is 1. The van der Waals surface area contributed by atoms with Gasteiger partial charge in [0, 0.05) is 13.2 Å². The number of aryl methyl sites for hydroxylation is 2. The Morgan fingerprint density at radius 1 is 1.38 bits per heavy atom. The molecule has 4 heterocycles. The summed E-state index contributed by atoms with van der Waals surface area (Å²) < 4.78 is 12.5. The highest BCUT2D eigenvalue weighted by Gasteiger charge is 2.40. The van der Waals surface area contributed by atoms with Crippen LogP contribution in [0, 0.1) is 13.8 Å². The smallest absolute Gasteiger partial charge is 0.332 e. The van der Waals surface area contributed by atoms with Crippen LogP contribution in [0.3, 0.4) is 0 Å². The molecule has 1 unspecified atom stereocenters. The Balaban J connectivity index is 1.48.